The summed E-state index contributed by atoms with van der Waals surface area (Å²) in [5, 5.41) is 0. The maximum Gasteiger partial charge on any atom is 0.127 e. The summed E-state index contributed by atoms with van der Waals surface area (Å²) in [6.07, 6.45) is 15.0. The molecule has 0 fully saturated rings. The van der Waals surface area contributed by atoms with Crippen molar-refractivity contribution in [1.82, 2.24) is 0 Å². The number of aryl methyl sites for hydroxylation is 2. The lowest BCUT2D eigenvalue weighted by Crippen LogP contribution is -1.99. The van der Waals surface area contributed by atoms with Crippen molar-refractivity contribution >= 4 is 31.9 Å². The van der Waals surface area contributed by atoms with Gasteiger partial charge in [-0.25, -0.2) is 0 Å². The van der Waals surface area contributed by atoms with E-state index in [-0.39, 0.29) is 0 Å². The lowest BCUT2D eigenvalue weighted by atomic mass is 10.0. The fraction of sp³-hybridized carbons (Fsp3) is 0.571. The van der Waals surface area contributed by atoms with Gasteiger partial charge < -0.3 is 4.74 Å². The zero-order valence-electron chi connectivity index (χ0n) is 19.4. The number of halogens is 2. The van der Waals surface area contributed by atoms with Gasteiger partial charge in [-0.3, -0.25) is 0 Å². The Morgan fingerprint density at radius 2 is 0.935 bits per heavy atom. The van der Waals surface area contributed by atoms with E-state index in [0.29, 0.717) is 9.65 Å². The van der Waals surface area contributed by atoms with Gasteiger partial charge in [0.05, 0.1) is 0 Å². The van der Waals surface area contributed by atoms with Crippen LogP contribution in [0.5, 0.6) is 11.5 Å². The quantitative estimate of drug-likeness (QED) is 0.188. The lowest BCUT2D eigenvalue weighted by Gasteiger charge is -2.10. The van der Waals surface area contributed by atoms with E-state index in [2.05, 4.69) is 94.2 Å². The number of rotatable bonds is 16. The lowest BCUT2D eigenvalue weighted by molar-refractivity contribution is 0.482. The zero-order valence-corrected chi connectivity index (χ0v) is 22.6. The van der Waals surface area contributed by atoms with E-state index in [4.69, 9.17) is 4.74 Å². The van der Waals surface area contributed by atoms with Crippen molar-refractivity contribution in [2.75, 3.05) is 0 Å². The van der Waals surface area contributed by atoms with Crippen LogP contribution in [0.1, 0.15) is 89.2 Å². The summed E-state index contributed by atoms with van der Waals surface area (Å²) >= 11 is 7.63. The van der Waals surface area contributed by atoms with E-state index in [1.54, 1.807) is 0 Å². The van der Waals surface area contributed by atoms with Crippen LogP contribution in [0.3, 0.4) is 0 Å². The molecule has 172 valence electrons. The van der Waals surface area contributed by atoms with Crippen molar-refractivity contribution in [2.45, 2.75) is 101 Å². The summed E-state index contributed by atoms with van der Waals surface area (Å²) in [5.74, 6) is 1.83. The fourth-order valence-electron chi connectivity index (χ4n) is 3.78. The number of benzene rings is 2. The number of hydrogen-bond acceptors (Lipinski definition) is 1. The highest BCUT2D eigenvalue weighted by molar-refractivity contribution is 9.09. The van der Waals surface area contributed by atoms with E-state index in [0.717, 1.165) is 24.3 Å². The molecular weight excluding hydrogens is 512 g/mol. The first-order valence-electron chi connectivity index (χ1n) is 12.2. The molecule has 0 heterocycles. The monoisotopic (exact) mass is 550 g/mol. The van der Waals surface area contributed by atoms with Gasteiger partial charge in [0.2, 0.25) is 0 Å². The minimum Gasteiger partial charge on any atom is -0.457 e. The number of ether oxygens (including phenoxy) is 1. The molecule has 2 aromatic rings. The highest BCUT2D eigenvalue weighted by Crippen LogP contribution is 2.24. The second-order valence-corrected chi connectivity index (χ2v) is 11.2. The molecule has 0 bridgehead atoms. The van der Waals surface area contributed by atoms with Gasteiger partial charge in [0.1, 0.15) is 11.5 Å². The van der Waals surface area contributed by atoms with Crippen molar-refractivity contribution in [1.29, 1.82) is 0 Å². The molecule has 2 aromatic carbocycles. The molecule has 3 heteroatoms. The fourth-order valence-corrected chi connectivity index (χ4v) is 5.07. The molecule has 0 aliphatic heterocycles. The third-order valence-electron chi connectivity index (χ3n) is 5.79. The summed E-state index contributed by atoms with van der Waals surface area (Å²) in [5.41, 5.74) is 2.78. The van der Waals surface area contributed by atoms with Crippen LogP contribution in [0, 0.1) is 0 Å². The molecule has 0 spiro atoms. The maximum atomic E-state index is 6.05. The van der Waals surface area contributed by atoms with Crippen LogP contribution in [0.15, 0.2) is 48.5 Å². The van der Waals surface area contributed by atoms with Gasteiger partial charge in [0.15, 0.2) is 0 Å². The van der Waals surface area contributed by atoms with E-state index >= 15 is 0 Å². The molecule has 0 aliphatic carbocycles. The van der Waals surface area contributed by atoms with Crippen LogP contribution < -0.4 is 4.74 Å². The first kappa shape index (κ1) is 26.5. The summed E-state index contributed by atoms with van der Waals surface area (Å²) < 4.78 is 6.05. The molecule has 0 radical (unpaired) electrons. The Bertz CT molecular complexity index is 634. The van der Waals surface area contributed by atoms with Crippen molar-refractivity contribution in [3.05, 3.63) is 59.7 Å². The second-order valence-electron chi connectivity index (χ2n) is 8.65. The van der Waals surface area contributed by atoms with Crippen LogP contribution in [-0.2, 0) is 12.8 Å². The zero-order chi connectivity index (χ0) is 22.3. The Hall–Kier alpha value is -0.800. The van der Waals surface area contributed by atoms with Crippen molar-refractivity contribution < 1.29 is 4.74 Å². The van der Waals surface area contributed by atoms with E-state index in [1.165, 1.54) is 75.3 Å². The van der Waals surface area contributed by atoms with Crippen molar-refractivity contribution in [2.24, 2.45) is 0 Å². The van der Waals surface area contributed by atoms with E-state index in [1.807, 2.05) is 0 Å². The Kier molecular flexibility index (Phi) is 13.6. The molecule has 0 saturated carbocycles. The average Bonchev–Trinajstić information content (AvgIpc) is 2.78. The number of unbranched alkanes of at least 4 members (excludes halogenated alkanes) is 2. The first-order valence-corrected chi connectivity index (χ1v) is 14.1. The van der Waals surface area contributed by atoms with Crippen molar-refractivity contribution in [3.63, 3.8) is 0 Å². The minimum absolute atomic E-state index is 0.667. The predicted molar refractivity (Wildman–Crippen MR) is 143 cm³/mol. The highest BCUT2D eigenvalue weighted by atomic mass is 79.9. The molecule has 1 nitrogen and oxygen atoms in total. The molecule has 0 amide bonds. The predicted octanol–water partition coefficient (Wildman–Crippen LogP) is 10.0. The molecule has 0 saturated heterocycles. The SMILES string of the molecule is CCCCC(Br)CCCc1ccc(Oc2ccc(CCCC(Br)CCCC)cc2)cc1. The van der Waals surface area contributed by atoms with Crippen LogP contribution in [-0.4, -0.2) is 9.65 Å². The maximum absolute atomic E-state index is 6.05. The Labute approximate surface area is 207 Å². The number of alkyl halides is 2. The molecule has 0 aromatic heterocycles. The van der Waals surface area contributed by atoms with Gasteiger partial charge in [-0.05, 0) is 86.8 Å². The van der Waals surface area contributed by atoms with Gasteiger partial charge in [-0.1, -0.05) is 95.7 Å². The Balaban J connectivity index is 1.70. The standard InChI is InChI=1S/C28H40Br2O/c1-3-5-11-25(29)13-7-9-23-15-19-27(20-16-23)31-28-21-17-24(18-22-28)10-8-14-26(30)12-6-4-2/h15-22,25-26H,3-14H2,1-2H3. The van der Waals surface area contributed by atoms with Gasteiger partial charge in [0, 0.05) is 9.65 Å². The van der Waals surface area contributed by atoms with Crippen LogP contribution in [0.2, 0.25) is 0 Å². The molecule has 2 atom stereocenters. The van der Waals surface area contributed by atoms with Crippen LogP contribution in [0.25, 0.3) is 0 Å². The van der Waals surface area contributed by atoms with Crippen LogP contribution >= 0.6 is 31.9 Å². The minimum atomic E-state index is 0.667. The Morgan fingerprint density at radius 3 is 1.29 bits per heavy atom. The normalized spacial score (nSPS) is 13.2. The molecule has 2 unspecified atom stereocenters. The van der Waals surface area contributed by atoms with Gasteiger partial charge in [-0.15, -0.1) is 0 Å². The van der Waals surface area contributed by atoms with E-state index in [9.17, 15) is 0 Å². The summed E-state index contributed by atoms with van der Waals surface area (Å²) in [6.45, 7) is 4.51. The topological polar surface area (TPSA) is 9.23 Å². The smallest absolute Gasteiger partial charge is 0.127 e. The number of hydrogen-bond donors (Lipinski definition) is 0. The molecule has 0 N–H and O–H groups in total. The second kappa shape index (κ2) is 15.9. The third kappa shape index (κ3) is 11.6. The summed E-state index contributed by atoms with van der Waals surface area (Å²) in [4.78, 5) is 1.33. The molecule has 2 rings (SSSR count). The van der Waals surface area contributed by atoms with Gasteiger partial charge in [0.25, 0.3) is 0 Å². The van der Waals surface area contributed by atoms with Crippen molar-refractivity contribution in [3.8, 4) is 11.5 Å². The van der Waals surface area contributed by atoms with Gasteiger partial charge >= 0.3 is 0 Å². The average molecular weight is 552 g/mol. The first-order chi connectivity index (χ1) is 15.1. The molecular formula is C28H40Br2O. The third-order valence-corrected chi connectivity index (χ3v) is 7.62. The largest absolute Gasteiger partial charge is 0.457 e. The molecule has 31 heavy (non-hydrogen) atoms. The Morgan fingerprint density at radius 1 is 0.581 bits per heavy atom. The van der Waals surface area contributed by atoms with E-state index < -0.39 is 0 Å². The summed E-state index contributed by atoms with van der Waals surface area (Å²) in [6, 6.07) is 17.2. The van der Waals surface area contributed by atoms with Crippen LogP contribution in [0.4, 0.5) is 0 Å². The van der Waals surface area contributed by atoms with Gasteiger partial charge in [-0.2, -0.15) is 0 Å². The molecule has 0 aliphatic rings. The summed E-state index contributed by atoms with van der Waals surface area (Å²) in [7, 11) is 0. The highest BCUT2D eigenvalue weighted by Gasteiger charge is 2.05.